The highest BCUT2D eigenvalue weighted by Crippen LogP contribution is 2.29. The van der Waals surface area contributed by atoms with Gasteiger partial charge in [-0.2, -0.15) is 0 Å². The summed E-state index contributed by atoms with van der Waals surface area (Å²) in [7, 11) is 1.59. The Labute approximate surface area is 182 Å². The predicted molar refractivity (Wildman–Crippen MR) is 118 cm³/mol. The molecule has 1 saturated heterocycles. The zero-order valence-corrected chi connectivity index (χ0v) is 17.9. The van der Waals surface area contributed by atoms with Crippen LogP contribution in [0.1, 0.15) is 11.4 Å². The van der Waals surface area contributed by atoms with Crippen molar-refractivity contribution in [3.05, 3.63) is 59.6 Å². The number of amides is 2. The molecule has 3 aromatic rings. The standard InChI is InChI=1S/C21H20N4O3S2/c1-28-16-9-7-15(8-10-16)25-12-14(11-19(25)26)20(27)22-21-24-23-18(30-21)13-29-17-5-3-2-4-6-17/h2-10,14H,11-13H2,1H3,(H,22,24,27). The summed E-state index contributed by atoms with van der Waals surface area (Å²) in [5.41, 5.74) is 0.757. The summed E-state index contributed by atoms with van der Waals surface area (Å²) in [5.74, 6) is 0.697. The lowest BCUT2D eigenvalue weighted by Crippen LogP contribution is -2.28. The zero-order valence-electron chi connectivity index (χ0n) is 16.3. The minimum absolute atomic E-state index is 0.0717. The number of thioether (sulfide) groups is 1. The monoisotopic (exact) mass is 440 g/mol. The molecule has 0 radical (unpaired) electrons. The maximum Gasteiger partial charge on any atom is 0.231 e. The van der Waals surface area contributed by atoms with Crippen molar-refractivity contribution in [1.29, 1.82) is 0 Å². The molecular weight excluding hydrogens is 420 g/mol. The molecule has 1 aliphatic rings. The van der Waals surface area contributed by atoms with Crippen molar-refractivity contribution in [2.75, 3.05) is 23.9 Å². The molecule has 0 saturated carbocycles. The first-order chi connectivity index (χ1) is 14.6. The average Bonchev–Trinajstić information content (AvgIpc) is 3.39. The second kappa shape index (κ2) is 9.27. The maximum atomic E-state index is 12.6. The molecule has 30 heavy (non-hydrogen) atoms. The number of carbonyl (C=O) groups is 2. The van der Waals surface area contributed by atoms with Gasteiger partial charge in [0.2, 0.25) is 16.9 Å². The van der Waals surface area contributed by atoms with Crippen molar-refractivity contribution in [2.24, 2.45) is 5.92 Å². The average molecular weight is 441 g/mol. The van der Waals surface area contributed by atoms with E-state index in [0.29, 0.717) is 17.4 Å². The predicted octanol–water partition coefficient (Wildman–Crippen LogP) is 3.83. The Bertz CT molecular complexity index is 1020. The third kappa shape index (κ3) is 4.80. The molecular formula is C21H20N4O3S2. The second-order valence-electron chi connectivity index (χ2n) is 6.70. The van der Waals surface area contributed by atoms with E-state index in [-0.39, 0.29) is 18.2 Å². The van der Waals surface area contributed by atoms with Gasteiger partial charge in [0, 0.05) is 23.5 Å². The lowest BCUT2D eigenvalue weighted by molar-refractivity contribution is -0.122. The fourth-order valence-corrected chi connectivity index (χ4v) is 4.77. The van der Waals surface area contributed by atoms with Gasteiger partial charge in [-0.3, -0.25) is 9.59 Å². The third-order valence-corrected chi connectivity index (χ3v) is 6.73. The molecule has 1 aromatic heterocycles. The van der Waals surface area contributed by atoms with Crippen molar-refractivity contribution in [1.82, 2.24) is 10.2 Å². The van der Waals surface area contributed by atoms with Gasteiger partial charge in [0.25, 0.3) is 0 Å². The van der Waals surface area contributed by atoms with Crippen LogP contribution in [0.3, 0.4) is 0 Å². The third-order valence-electron chi connectivity index (χ3n) is 4.68. The van der Waals surface area contributed by atoms with Gasteiger partial charge in [-0.15, -0.1) is 22.0 Å². The Morgan fingerprint density at radius 2 is 1.97 bits per heavy atom. The number of nitrogens with zero attached hydrogens (tertiary/aromatic N) is 3. The topological polar surface area (TPSA) is 84.4 Å². The van der Waals surface area contributed by atoms with Crippen LogP contribution >= 0.6 is 23.1 Å². The molecule has 1 N–H and O–H groups in total. The molecule has 1 unspecified atom stereocenters. The van der Waals surface area contributed by atoms with Crippen LogP contribution in [0, 0.1) is 5.92 Å². The summed E-state index contributed by atoms with van der Waals surface area (Å²) in [6.07, 6.45) is 0.174. The number of benzene rings is 2. The number of aromatic nitrogens is 2. The summed E-state index contributed by atoms with van der Waals surface area (Å²) in [6.45, 7) is 0.340. The van der Waals surface area contributed by atoms with Crippen LogP contribution in [0.5, 0.6) is 5.75 Å². The Kier molecular flexibility index (Phi) is 6.29. The van der Waals surface area contributed by atoms with E-state index >= 15 is 0 Å². The van der Waals surface area contributed by atoms with Gasteiger partial charge in [-0.05, 0) is 36.4 Å². The SMILES string of the molecule is COc1ccc(N2CC(C(=O)Nc3nnc(CSc4ccccc4)s3)CC2=O)cc1. The van der Waals surface area contributed by atoms with Crippen LogP contribution in [-0.4, -0.2) is 35.7 Å². The number of rotatable bonds is 7. The molecule has 2 amide bonds. The van der Waals surface area contributed by atoms with E-state index < -0.39 is 5.92 Å². The summed E-state index contributed by atoms with van der Waals surface area (Å²) >= 11 is 3.02. The highest BCUT2D eigenvalue weighted by atomic mass is 32.2. The lowest BCUT2D eigenvalue weighted by atomic mass is 10.1. The first-order valence-corrected chi connectivity index (χ1v) is 11.2. The normalized spacial score (nSPS) is 16.0. The van der Waals surface area contributed by atoms with Crippen LogP contribution in [0.25, 0.3) is 0 Å². The highest BCUT2D eigenvalue weighted by Gasteiger charge is 2.35. The van der Waals surface area contributed by atoms with E-state index in [1.807, 2.05) is 42.5 Å². The second-order valence-corrected chi connectivity index (χ2v) is 8.81. The molecule has 1 fully saturated rings. The Balaban J connectivity index is 1.33. The molecule has 0 spiro atoms. The van der Waals surface area contributed by atoms with Crippen molar-refractivity contribution < 1.29 is 14.3 Å². The van der Waals surface area contributed by atoms with E-state index in [4.69, 9.17) is 4.74 Å². The smallest absolute Gasteiger partial charge is 0.231 e. The summed E-state index contributed by atoms with van der Waals surface area (Å²) < 4.78 is 5.15. The molecule has 0 aliphatic carbocycles. The van der Waals surface area contributed by atoms with Crippen LogP contribution in [-0.2, 0) is 15.3 Å². The Morgan fingerprint density at radius 1 is 1.20 bits per heavy atom. The fraction of sp³-hybridized carbons (Fsp3) is 0.238. The van der Waals surface area contributed by atoms with Gasteiger partial charge >= 0.3 is 0 Å². The number of ether oxygens (including phenoxy) is 1. The molecule has 2 aromatic carbocycles. The Morgan fingerprint density at radius 3 is 2.70 bits per heavy atom. The molecule has 2 heterocycles. The minimum Gasteiger partial charge on any atom is -0.497 e. The molecule has 1 atom stereocenters. The number of hydrogen-bond donors (Lipinski definition) is 1. The van der Waals surface area contributed by atoms with E-state index in [1.165, 1.54) is 11.3 Å². The van der Waals surface area contributed by atoms with Gasteiger partial charge in [-0.1, -0.05) is 29.5 Å². The summed E-state index contributed by atoms with van der Waals surface area (Å²) in [5, 5.41) is 12.3. The van der Waals surface area contributed by atoms with Crippen LogP contribution < -0.4 is 15.0 Å². The highest BCUT2D eigenvalue weighted by molar-refractivity contribution is 7.98. The lowest BCUT2D eigenvalue weighted by Gasteiger charge is -2.16. The van der Waals surface area contributed by atoms with E-state index in [1.54, 1.807) is 35.9 Å². The van der Waals surface area contributed by atoms with Crippen molar-refractivity contribution in [3.8, 4) is 5.75 Å². The zero-order chi connectivity index (χ0) is 20.9. The van der Waals surface area contributed by atoms with Gasteiger partial charge in [0.05, 0.1) is 18.8 Å². The van der Waals surface area contributed by atoms with E-state index in [9.17, 15) is 9.59 Å². The first-order valence-electron chi connectivity index (χ1n) is 9.38. The van der Waals surface area contributed by atoms with Crippen LogP contribution in [0.2, 0.25) is 0 Å². The Hall–Kier alpha value is -2.91. The van der Waals surface area contributed by atoms with Gasteiger partial charge in [-0.25, -0.2) is 0 Å². The van der Waals surface area contributed by atoms with Crippen LogP contribution in [0.4, 0.5) is 10.8 Å². The molecule has 4 rings (SSSR count). The van der Waals surface area contributed by atoms with E-state index in [0.717, 1.165) is 21.3 Å². The van der Waals surface area contributed by atoms with E-state index in [2.05, 4.69) is 15.5 Å². The number of carbonyl (C=O) groups excluding carboxylic acids is 2. The fourth-order valence-electron chi connectivity index (χ4n) is 3.13. The van der Waals surface area contributed by atoms with Gasteiger partial charge < -0.3 is 15.0 Å². The number of nitrogens with one attached hydrogen (secondary N) is 1. The maximum absolute atomic E-state index is 12.6. The molecule has 1 aliphatic heterocycles. The largest absolute Gasteiger partial charge is 0.497 e. The molecule has 0 bridgehead atoms. The number of methoxy groups -OCH3 is 1. The summed E-state index contributed by atoms with van der Waals surface area (Å²) in [4.78, 5) is 27.8. The van der Waals surface area contributed by atoms with Gasteiger partial charge in [0.1, 0.15) is 10.8 Å². The van der Waals surface area contributed by atoms with Crippen molar-refractivity contribution in [2.45, 2.75) is 17.1 Å². The number of anilines is 2. The molecule has 154 valence electrons. The minimum atomic E-state index is -0.425. The number of hydrogen-bond acceptors (Lipinski definition) is 7. The van der Waals surface area contributed by atoms with Crippen molar-refractivity contribution in [3.63, 3.8) is 0 Å². The molecule has 9 heteroatoms. The van der Waals surface area contributed by atoms with Gasteiger partial charge in [0.15, 0.2) is 0 Å². The quantitative estimate of drug-likeness (QED) is 0.562. The molecule has 7 nitrogen and oxygen atoms in total. The first kappa shape index (κ1) is 20.4. The van der Waals surface area contributed by atoms with Crippen molar-refractivity contribution >= 4 is 45.7 Å². The van der Waals surface area contributed by atoms with Crippen LogP contribution in [0.15, 0.2) is 59.5 Å². The summed E-state index contributed by atoms with van der Waals surface area (Å²) in [6, 6.07) is 17.3.